The number of rotatable bonds is 4. The van der Waals surface area contributed by atoms with Crippen LogP contribution in [0.5, 0.6) is 0 Å². The maximum Gasteiger partial charge on any atom is 0.338 e. The molecule has 9 nitrogen and oxygen atoms in total. The summed E-state index contributed by atoms with van der Waals surface area (Å²) in [5.41, 5.74) is 0.807. The molecule has 4 rings (SSSR count). The average molecular weight is 421 g/mol. The van der Waals surface area contributed by atoms with E-state index >= 15 is 0 Å². The molecule has 1 aromatic carbocycles. The monoisotopic (exact) mass is 421 g/mol. The van der Waals surface area contributed by atoms with E-state index < -0.39 is 33.9 Å². The van der Waals surface area contributed by atoms with Crippen molar-refractivity contribution in [3.05, 3.63) is 23.8 Å². The van der Waals surface area contributed by atoms with Gasteiger partial charge in [0.2, 0.25) is 5.91 Å². The molecule has 156 valence electrons. The van der Waals surface area contributed by atoms with Gasteiger partial charge in [0.15, 0.2) is 16.4 Å². The van der Waals surface area contributed by atoms with Crippen molar-refractivity contribution in [1.29, 1.82) is 0 Å². The Morgan fingerprint density at radius 2 is 2.17 bits per heavy atom. The van der Waals surface area contributed by atoms with Crippen molar-refractivity contribution in [1.82, 2.24) is 5.32 Å². The molecule has 2 amide bonds. The first-order valence-electron chi connectivity index (χ1n) is 9.56. The Balaban J connectivity index is 1.38. The van der Waals surface area contributed by atoms with Crippen LogP contribution in [0.2, 0.25) is 0 Å². The van der Waals surface area contributed by atoms with Crippen LogP contribution >= 0.6 is 0 Å². The molecule has 2 atom stereocenters. The van der Waals surface area contributed by atoms with E-state index in [0.29, 0.717) is 12.1 Å². The number of amides is 2. The van der Waals surface area contributed by atoms with Crippen molar-refractivity contribution in [3.63, 3.8) is 0 Å². The van der Waals surface area contributed by atoms with Crippen LogP contribution in [-0.4, -0.2) is 62.4 Å². The van der Waals surface area contributed by atoms with Crippen molar-refractivity contribution in [3.8, 4) is 0 Å². The van der Waals surface area contributed by atoms with Gasteiger partial charge in [-0.1, -0.05) is 0 Å². The standard InChI is InChI=1S/C19H23N3O6S/c1-19(6-8-29(26,27)11-19)21-16(23)10-28-18(25)12-4-5-14-13(9-12)20-17(24)15-3-2-7-22(14)15/h4-5,9,15H,2-3,6-8,10-11H2,1H3,(H,20,24)(H,21,23)/t15-,19+/m1/s1. The fourth-order valence-corrected chi connectivity index (χ4v) is 6.35. The van der Waals surface area contributed by atoms with Gasteiger partial charge in [-0.3, -0.25) is 9.59 Å². The van der Waals surface area contributed by atoms with Gasteiger partial charge in [0, 0.05) is 6.54 Å². The third-order valence-electron chi connectivity index (χ3n) is 5.63. The summed E-state index contributed by atoms with van der Waals surface area (Å²) in [4.78, 5) is 38.7. The normalized spacial score (nSPS) is 27.0. The van der Waals surface area contributed by atoms with Crippen molar-refractivity contribution >= 4 is 39.0 Å². The predicted molar refractivity (Wildman–Crippen MR) is 106 cm³/mol. The molecule has 29 heavy (non-hydrogen) atoms. The molecule has 0 saturated carbocycles. The molecule has 2 saturated heterocycles. The SMILES string of the molecule is C[C@]1(NC(=O)COC(=O)c2ccc3c(c2)NC(=O)[C@H]2CCCN32)CCS(=O)(=O)C1. The smallest absolute Gasteiger partial charge is 0.338 e. The zero-order valence-corrected chi connectivity index (χ0v) is 16.9. The molecular weight excluding hydrogens is 398 g/mol. The van der Waals surface area contributed by atoms with E-state index in [4.69, 9.17) is 4.74 Å². The summed E-state index contributed by atoms with van der Waals surface area (Å²) in [6, 6.07) is 4.77. The third kappa shape index (κ3) is 3.93. The van der Waals surface area contributed by atoms with Gasteiger partial charge >= 0.3 is 5.97 Å². The number of benzene rings is 1. The van der Waals surface area contributed by atoms with Crippen LogP contribution in [0.15, 0.2) is 18.2 Å². The second kappa shape index (κ2) is 7.01. The maximum atomic E-state index is 12.3. The molecule has 0 aromatic heterocycles. The van der Waals surface area contributed by atoms with E-state index in [2.05, 4.69) is 10.6 Å². The van der Waals surface area contributed by atoms with E-state index in [1.807, 2.05) is 4.90 Å². The summed E-state index contributed by atoms with van der Waals surface area (Å²) in [5.74, 6) is -1.42. The second-order valence-electron chi connectivity index (χ2n) is 8.10. The Kier molecular flexibility index (Phi) is 4.76. The number of fused-ring (bicyclic) bond motifs is 3. The van der Waals surface area contributed by atoms with Crippen LogP contribution in [0.25, 0.3) is 0 Å². The first-order chi connectivity index (χ1) is 13.7. The Hall–Kier alpha value is -2.62. The van der Waals surface area contributed by atoms with Gasteiger partial charge in [-0.05, 0) is 44.4 Å². The minimum Gasteiger partial charge on any atom is -0.452 e. The fourth-order valence-electron chi connectivity index (χ4n) is 4.25. The minimum absolute atomic E-state index is 0.0300. The van der Waals surface area contributed by atoms with Gasteiger partial charge in [-0.2, -0.15) is 0 Å². The lowest BCUT2D eigenvalue weighted by Crippen LogP contribution is -2.48. The van der Waals surface area contributed by atoms with Crippen LogP contribution in [0.4, 0.5) is 11.4 Å². The minimum atomic E-state index is -3.15. The number of hydrogen-bond donors (Lipinski definition) is 2. The molecule has 2 fully saturated rings. The first-order valence-corrected chi connectivity index (χ1v) is 11.4. The summed E-state index contributed by atoms with van der Waals surface area (Å²) >= 11 is 0. The molecule has 0 aliphatic carbocycles. The largest absolute Gasteiger partial charge is 0.452 e. The van der Waals surface area contributed by atoms with E-state index in [1.54, 1.807) is 25.1 Å². The number of carbonyl (C=O) groups is 3. The number of anilines is 2. The van der Waals surface area contributed by atoms with Gasteiger partial charge in [0.05, 0.1) is 34.0 Å². The Morgan fingerprint density at radius 3 is 2.90 bits per heavy atom. The van der Waals surface area contributed by atoms with Crippen LogP contribution in [0.3, 0.4) is 0 Å². The fraction of sp³-hybridized carbons (Fsp3) is 0.526. The summed E-state index contributed by atoms with van der Waals surface area (Å²) < 4.78 is 28.3. The molecule has 10 heteroatoms. The van der Waals surface area contributed by atoms with Gasteiger partial charge < -0.3 is 20.3 Å². The van der Waals surface area contributed by atoms with Gasteiger partial charge in [0.25, 0.3) is 5.91 Å². The highest BCUT2D eigenvalue weighted by Crippen LogP contribution is 2.37. The molecule has 0 spiro atoms. The quantitative estimate of drug-likeness (QED) is 0.677. The van der Waals surface area contributed by atoms with Gasteiger partial charge in [0.1, 0.15) is 6.04 Å². The summed E-state index contributed by atoms with van der Waals surface area (Å²) in [5, 5.41) is 5.47. The topological polar surface area (TPSA) is 122 Å². The summed E-state index contributed by atoms with van der Waals surface area (Å²) in [6.45, 7) is 1.95. The number of nitrogens with zero attached hydrogens (tertiary/aromatic N) is 1. The van der Waals surface area contributed by atoms with E-state index in [-0.39, 0.29) is 29.0 Å². The van der Waals surface area contributed by atoms with Gasteiger partial charge in [-0.15, -0.1) is 0 Å². The van der Waals surface area contributed by atoms with Crippen LogP contribution in [0, 0.1) is 0 Å². The Bertz CT molecular complexity index is 992. The Labute approximate surface area is 168 Å². The van der Waals surface area contributed by atoms with E-state index in [1.165, 1.54) is 0 Å². The average Bonchev–Trinajstić information content (AvgIpc) is 3.24. The number of esters is 1. The summed E-state index contributed by atoms with van der Waals surface area (Å²) in [6.07, 6.45) is 2.08. The number of ether oxygens (including phenoxy) is 1. The molecule has 3 heterocycles. The van der Waals surface area contributed by atoms with Crippen molar-refractivity contribution in [2.75, 3.05) is 34.9 Å². The number of sulfone groups is 1. The molecule has 3 aliphatic heterocycles. The lowest BCUT2D eigenvalue weighted by molar-refractivity contribution is -0.125. The molecule has 1 aromatic rings. The van der Waals surface area contributed by atoms with Crippen LogP contribution in [-0.2, 0) is 24.2 Å². The zero-order chi connectivity index (χ0) is 20.8. The summed E-state index contributed by atoms with van der Waals surface area (Å²) in [7, 11) is -3.15. The number of hydrogen-bond acceptors (Lipinski definition) is 7. The Morgan fingerprint density at radius 1 is 1.38 bits per heavy atom. The molecular formula is C19H23N3O6S. The third-order valence-corrected chi connectivity index (χ3v) is 7.54. The van der Waals surface area contributed by atoms with Gasteiger partial charge in [-0.25, -0.2) is 13.2 Å². The number of nitrogens with one attached hydrogen (secondary N) is 2. The van der Waals surface area contributed by atoms with Crippen molar-refractivity contribution in [2.45, 2.75) is 37.8 Å². The van der Waals surface area contributed by atoms with E-state index in [9.17, 15) is 22.8 Å². The molecule has 0 radical (unpaired) electrons. The zero-order valence-electron chi connectivity index (χ0n) is 16.1. The van der Waals surface area contributed by atoms with E-state index in [0.717, 1.165) is 25.1 Å². The second-order valence-corrected chi connectivity index (χ2v) is 10.3. The molecule has 0 bridgehead atoms. The number of carbonyl (C=O) groups excluding carboxylic acids is 3. The molecule has 3 aliphatic rings. The lowest BCUT2D eigenvalue weighted by atomic mass is 10.0. The van der Waals surface area contributed by atoms with Crippen LogP contribution < -0.4 is 15.5 Å². The highest BCUT2D eigenvalue weighted by atomic mass is 32.2. The van der Waals surface area contributed by atoms with Crippen molar-refractivity contribution < 1.29 is 27.5 Å². The van der Waals surface area contributed by atoms with Crippen molar-refractivity contribution in [2.24, 2.45) is 0 Å². The van der Waals surface area contributed by atoms with Crippen LogP contribution in [0.1, 0.15) is 36.5 Å². The first kappa shape index (κ1) is 19.7. The maximum absolute atomic E-state index is 12.3. The highest BCUT2D eigenvalue weighted by Gasteiger charge is 2.39. The highest BCUT2D eigenvalue weighted by molar-refractivity contribution is 7.91. The molecule has 0 unspecified atom stereocenters. The predicted octanol–water partition coefficient (Wildman–Crippen LogP) is 0.458. The lowest BCUT2D eigenvalue weighted by Gasteiger charge is -2.33. The molecule has 2 N–H and O–H groups in total.